The summed E-state index contributed by atoms with van der Waals surface area (Å²) >= 11 is 0. The monoisotopic (exact) mass is 1030 g/mol. The third kappa shape index (κ3) is 7.96. The minimum atomic E-state index is -3.79. The maximum absolute atomic E-state index is 13.4. The normalized spacial score (nSPS) is 20.1. The number of fused-ring (bicyclic) bond motifs is 6. The molecule has 1 N–H and O–H groups in total. The number of halogens is 2. The Balaban J connectivity index is 0.000000173. The summed E-state index contributed by atoms with van der Waals surface area (Å²) in [6.07, 6.45) is 13.1. The smallest absolute Gasteiger partial charge is 0.269 e. The molecule has 2 saturated heterocycles. The Morgan fingerprint density at radius 2 is 1.11 bits per heavy atom. The van der Waals surface area contributed by atoms with Crippen molar-refractivity contribution in [2.24, 2.45) is 17.8 Å². The molecule has 336 valence electrons. The lowest BCUT2D eigenvalue weighted by molar-refractivity contribution is -0.130. The van der Waals surface area contributed by atoms with Gasteiger partial charge in [-0.1, -0.05) is 49.2 Å². The van der Waals surface area contributed by atoms with Crippen molar-refractivity contribution in [2.45, 2.75) is 68.6 Å². The summed E-state index contributed by atoms with van der Waals surface area (Å²) in [6, 6.07) is 17.2. The van der Waals surface area contributed by atoms with E-state index in [2.05, 4.69) is 39.1 Å². The van der Waals surface area contributed by atoms with Crippen LogP contribution < -0.4 is 5.32 Å². The van der Waals surface area contributed by atoms with Crippen LogP contribution in [-0.2, 0) is 24.8 Å². The number of nitrogens with zero attached hydrogens (tertiary/aromatic N) is 9. The zero-order valence-corrected chi connectivity index (χ0v) is 40.8. The number of carbonyl (C=O) groups excluding carboxylic acids is 1. The third-order valence-corrected chi connectivity index (χ3v) is 16.2. The molecule has 8 heterocycles. The minimum Gasteiger partial charge on any atom is -0.342 e. The van der Waals surface area contributed by atoms with Gasteiger partial charge in [-0.15, -0.1) is 34.0 Å². The Kier molecular flexibility index (Phi) is 12.4. The Hall–Kier alpha value is -4.95. The Bertz CT molecular complexity index is 3250. The molecular formula is C45H50Br2N10O5S2. The predicted molar refractivity (Wildman–Crippen MR) is 256 cm³/mol. The second-order valence-electron chi connectivity index (χ2n) is 17.3. The average molecular weight is 1030 g/mol. The summed E-state index contributed by atoms with van der Waals surface area (Å²) in [5.74, 6) is 2.04. The van der Waals surface area contributed by atoms with Crippen LogP contribution in [0.2, 0.25) is 0 Å². The first-order valence-corrected chi connectivity index (χ1v) is 24.0. The molecule has 1 aliphatic carbocycles. The van der Waals surface area contributed by atoms with E-state index >= 15 is 0 Å². The molecule has 19 heteroatoms. The molecule has 1 amide bonds. The molecular weight excluding hydrogens is 985 g/mol. The van der Waals surface area contributed by atoms with E-state index in [0.29, 0.717) is 53.2 Å². The fourth-order valence-corrected chi connectivity index (χ4v) is 11.7. The predicted octanol–water partition coefficient (Wildman–Crippen LogP) is 7.30. The van der Waals surface area contributed by atoms with Crippen LogP contribution >= 0.6 is 34.0 Å². The van der Waals surface area contributed by atoms with Crippen molar-refractivity contribution in [1.29, 1.82) is 0 Å². The second kappa shape index (κ2) is 17.5. The molecule has 8 aromatic rings. The first kappa shape index (κ1) is 45.6. The topological polar surface area (TPSA) is 171 Å². The second-order valence-corrected chi connectivity index (χ2v) is 20.9. The van der Waals surface area contributed by atoms with Crippen molar-refractivity contribution in [2.75, 3.05) is 26.2 Å². The summed E-state index contributed by atoms with van der Waals surface area (Å²) in [4.78, 5) is 33.1. The van der Waals surface area contributed by atoms with Gasteiger partial charge in [0.15, 0.2) is 22.6 Å². The number of likely N-dealkylation sites (tertiary alicyclic amines) is 1. The number of benzene rings is 2. The van der Waals surface area contributed by atoms with E-state index in [0.717, 1.165) is 53.3 Å². The van der Waals surface area contributed by atoms with Gasteiger partial charge in [-0.25, -0.2) is 44.7 Å². The molecule has 0 spiro atoms. The number of aromatic nitrogens is 8. The van der Waals surface area contributed by atoms with Crippen molar-refractivity contribution in [3.63, 3.8) is 0 Å². The standard InChI is InChI=1S/C25H27N5O3S.C20H21N5O2S.2BrH/c1-16-3-7-19(8-4-16)34(32,33)29-10-9-21-25(29)27-13-23-26-12-22(30(21)23)20-15-28(14-17(20)2)24(31)11-18-5-6-18;1-13-3-5-15(6-4-13)28(26,27)24-8-7-17-20(24)23-12-19-22-11-18(25(17)19)16-10-21-9-14(16)2;;/h3-4,7-10,12-13,17-18,20H,5-6,11,14-15H2,1-2H3;3-8,11-12,14,16,21H,9-10H2,1-2H3;2*1H/t17-,20+;14-,16+;;/m11../s1. The van der Waals surface area contributed by atoms with Crippen molar-refractivity contribution in [1.82, 2.24) is 46.9 Å². The Labute approximate surface area is 392 Å². The SMILES string of the molecule is Br.Br.Cc1ccc(S(=O)(=O)n2ccc3c2ncc2ncc([C@H]4CN(C(=O)CC5CC5)C[C@H]4C)n23)cc1.Cc1ccc(S(=O)(=O)n2ccc3c2ncc2ncc([C@H]4CNC[C@H]4C)n23)cc1. The third-order valence-electron chi connectivity index (χ3n) is 12.9. The fourth-order valence-electron chi connectivity index (χ4n) is 9.11. The maximum Gasteiger partial charge on any atom is 0.269 e. The van der Waals surface area contributed by atoms with Crippen molar-refractivity contribution in [3.05, 3.63) is 120 Å². The highest BCUT2D eigenvalue weighted by atomic mass is 79.9. The van der Waals surface area contributed by atoms with Crippen LogP contribution in [0, 0.1) is 31.6 Å². The molecule has 2 aromatic carbocycles. The van der Waals surface area contributed by atoms with Crippen LogP contribution in [0.15, 0.2) is 108 Å². The van der Waals surface area contributed by atoms with Gasteiger partial charge in [-0.05, 0) is 87.4 Å². The summed E-state index contributed by atoms with van der Waals surface area (Å²) < 4.78 is 59.6. The quantitative estimate of drug-likeness (QED) is 0.163. The molecule has 0 bridgehead atoms. The van der Waals surface area contributed by atoms with Crippen LogP contribution in [-0.4, -0.2) is 90.5 Å². The number of aryl methyl sites for hydroxylation is 2. The Morgan fingerprint density at radius 3 is 1.56 bits per heavy atom. The van der Waals surface area contributed by atoms with E-state index < -0.39 is 20.0 Å². The Morgan fingerprint density at radius 1 is 0.625 bits per heavy atom. The van der Waals surface area contributed by atoms with Gasteiger partial charge in [-0.2, -0.15) is 0 Å². The van der Waals surface area contributed by atoms with Gasteiger partial charge in [0, 0.05) is 74.1 Å². The van der Waals surface area contributed by atoms with Gasteiger partial charge >= 0.3 is 0 Å². The molecule has 2 aliphatic heterocycles. The number of hydrogen-bond acceptors (Lipinski definition) is 10. The zero-order valence-electron chi connectivity index (χ0n) is 35.8. The van der Waals surface area contributed by atoms with Crippen LogP contribution in [0.4, 0.5) is 0 Å². The van der Waals surface area contributed by atoms with Gasteiger partial charge in [0.1, 0.15) is 0 Å². The van der Waals surface area contributed by atoms with Crippen LogP contribution in [0.25, 0.3) is 33.6 Å². The first-order chi connectivity index (χ1) is 29.8. The summed E-state index contributed by atoms with van der Waals surface area (Å²) in [7, 11) is -7.52. The first-order valence-electron chi connectivity index (χ1n) is 21.1. The molecule has 3 aliphatic rings. The zero-order chi connectivity index (χ0) is 43.1. The van der Waals surface area contributed by atoms with Gasteiger partial charge in [0.25, 0.3) is 20.0 Å². The molecule has 11 rings (SSSR count). The van der Waals surface area contributed by atoms with E-state index in [-0.39, 0.29) is 61.5 Å². The van der Waals surface area contributed by atoms with E-state index in [9.17, 15) is 21.6 Å². The molecule has 0 unspecified atom stereocenters. The van der Waals surface area contributed by atoms with Gasteiger partial charge in [0.2, 0.25) is 5.91 Å². The highest BCUT2D eigenvalue weighted by Gasteiger charge is 2.37. The summed E-state index contributed by atoms with van der Waals surface area (Å²) in [5, 5.41) is 3.42. The number of nitrogens with one attached hydrogen (secondary N) is 1. The number of rotatable bonds is 8. The van der Waals surface area contributed by atoms with Crippen molar-refractivity contribution >= 4 is 93.5 Å². The van der Waals surface area contributed by atoms with E-state index in [1.165, 1.54) is 20.8 Å². The number of hydrogen-bond donors (Lipinski definition) is 1. The van der Waals surface area contributed by atoms with Crippen molar-refractivity contribution < 1.29 is 21.6 Å². The largest absolute Gasteiger partial charge is 0.342 e. The maximum atomic E-state index is 13.4. The van der Waals surface area contributed by atoms with E-state index in [1.54, 1.807) is 85.5 Å². The van der Waals surface area contributed by atoms with Gasteiger partial charge in [0.05, 0.1) is 33.2 Å². The number of imidazole rings is 2. The van der Waals surface area contributed by atoms with E-state index in [1.807, 2.05) is 39.9 Å². The highest BCUT2D eigenvalue weighted by Crippen LogP contribution is 2.38. The number of carbonyl (C=O) groups is 1. The van der Waals surface area contributed by atoms with Crippen LogP contribution in [0.1, 0.15) is 67.5 Å². The van der Waals surface area contributed by atoms with E-state index in [4.69, 9.17) is 0 Å². The molecule has 1 saturated carbocycles. The highest BCUT2D eigenvalue weighted by molar-refractivity contribution is 8.93. The fraction of sp³-hybridized carbons (Fsp3) is 0.356. The van der Waals surface area contributed by atoms with Crippen molar-refractivity contribution in [3.8, 4) is 0 Å². The lowest BCUT2D eigenvalue weighted by Crippen LogP contribution is -2.29. The molecule has 64 heavy (non-hydrogen) atoms. The average Bonchev–Trinajstić information content (AvgIpc) is 3.90. The molecule has 0 radical (unpaired) electrons. The number of amides is 1. The summed E-state index contributed by atoms with van der Waals surface area (Å²) in [6.45, 7) is 11.5. The van der Waals surface area contributed by atoms with Crippen LogP contribution in [0.5, 0.6) is 0 Å². The van der Waals surface area contributed by atoms with Crippen LogP contribution in [0.3, 0.4) is 0 Å². The molecule has 15 nitrogen and oxygen atoms in total. The minimum absolute atomic E-state index is 0. The van der Waals surface area contributed by atoms with Gasteiger partial charge in [-0.3, -0.25) is 13.6 Å². The summed E-state index contributed by atoms with van der Waals surface area (Å²) in [5.41, 5.74) is 7.69. The van der Waals surface area contributed by atoms with Gasteiger partial charge < -0.3 is 10.2 Å². The molecule has 3 fully saturated rings. The molecule has 4 atom stereocenters. The lowest BCUT2D eigenvalue weighted by atomic mass is 9.95. The lowest BCUT2D eigenvalue weighted by Gasteiger charge is -2.16. The molecule has 6 aromatic heterocycles.